The van der Waals surface area contributed by atoms with E-state index in [1.165, 1.54) is 0 Å². The number of carboxylic acids is 1. The van der Waals surface area contributed by atoms with Crippen molar-refractivity contribution in [2.45, 2.75) is 44.3 Å². The van der Waals surface area contributed by atoms with Crippen molar-refractivity contribution in [2.24, 2.45) is 0 Å². The molecule has 1 amide bonds. The average molecular weight is 259 g/mol. The van der Waals surface area contributed by atoms with Crippen LogP contribution in [0.15, 0.2) is 0 Å². The number of unbranched alkanes of at least 4 members (excludes halogenated alkanes) is 1. The Hall–Kier alpha value is -0.710. The lowest BCUT2D eigenvalue weighted by molar-refractivity contribution is -0.137. The Morgan fingerprint density at radius 3 is 2.71 bits per heavy atom. The fraction of sp³-hybridized carbons (Fsp3) is 0.833. The molecule has 1 saturated heterocycles. The van der Waals surface area contributed by atoms with Gasteiger partial charge in [0.2, 0.25) is 5.91 Å². The second-order valence-electron chi connectivity index (χ2n) is 4.34. The van der Waals surface area contributed by atoms with E-state index in [1.807, 2.05) is 16.7 Å². The predicted molar refractivity (Wildman–Crippen MR) is 69.2 cm³/mol. The molecule has 17 heavy (non-hydrogen) atoms. The summed E-state index contributed by atoms with van der Waals surface area (Å²) in [4.78, 5) is 24.1. The van der Waals surface area contributed by atoms with E-state index in [4.69, 9.17) is 5.11 Å². The molecule has 0 saturated carbocycles. The summed E-state index contributed by atoms with van der Waals surface area (Å²) < 4.78 is 0. The zero-order valence-corrected chi connectivity index (χ0v) is 11.2. The van der Waals surface area contributed by atoms with E-state index in [0.29, 0.717) is 24.5 Å². The molecule has 0 aromatic heterocycles. The van der Waals surface area contributed by atoms with E-state index in [0.717, 1.165) is 25.3 Å². The molecule has 1 atom stereocenters. The van der Waals surface area contributed by atoms with Crippen LogP contribution < -0.4 is 0 Å². The fourth-order valence-electron chi connectivity index (χ4n) is 1.90. The van der Waals surface area contributed by atoms with Gasteiger partial charge in [-0.15, -0.1) is 0 Å². The van der Waals surface area contributed by atoms with Gasteiger partial charge < -0.3 is 10.0 Å². The largest absolute Gasteiger partial charge is 0.481 e. The van der Waals surface area contributed by atoms with Crippen LogP contribution in [0.5, 0.6) is 0 Å². The summed E-state index contributed by atoms with van der Waals surface area (Å²) >= 11 is 1.95. The molecule has 1 rings (SSSR count). The second kappa shape index (κ2) is 7.58. The van der Waals surface area contributed by atoms with Gasteiger partial charge in [0.15, 0.2) is 0 Å². The Morgan fingerprint density at radius 1 is 1.35 bits per heavy atom. The van der Waals surface area contributed by atoms with Gasteiger partial charge in [0, 0.05) is 36.9 Å². The number of carboxylic acid groups (broad SMARTS) is 1. The number of thioether (sulfide) groups is 1. The fourth-order valence-corrected chi connectivity index (χ4v) is 3.08. The third kappa shape index (κ3) is 5.44. The third-order valence-corrected chi connectivity index (χ3v) is 4.35. The van der Waals surface area contributed by atoms with Crippen molar-refractivity contribution in [1.29, 1.82) is 0 Å². The molecule has 0 aromatic carbocycles. The Balaban J connectivity index is 2.20. The first-order valence-corrected chi connectivity index (χ1v) is 7.29. The molecule has 0 aromatic rings. The molecule has 4 nitrogen and oxygen atoms in total. The minimum absolute atomic E-state index is 0.167. The van der Waals surface area contributed by atoms with Crippen LogP contribution in [-0.4, -0.2) is 46.0 Å². The molecule has 1 unspecified atom stereocenters. The molecule has 5 heteroatoms. The standard InChI is InChI=1S/C12H21NO3S/c1-2-10-9-13(7-8-17-10)11(14)5-3-4-6-12(15)16/h10H,2-9H2,1H3,(H,15,16). The van der Waals surface area contributed by atoms with Crippen LogP contribution in [0.1, 0.15) is 39.0 Å². The zero-order valence-electron chi connectivity index (χ0n) is 10.4. The van der Waals surface area contributed by atoms with Crippen LogP contribution in [0, 0.1) is 0 Å². The number of carbonyl (C=O) groups is 2. The maximum absolute atomic E-state index is 11.9. The smallest absolute Gasteiger partial charge is 0.303 e. The van der Waals surface area contributed by atoms with Crippen LogP contribution in [0.4, 0.5) is 0 Å². The summed E-state index contributed by atoms with van der Waals surface area (Å²) in [7, 11) is 0. The Morgan fingerprint density at radius 2 is 2.06 bits per heavy atom. The number of rotatable bonds is 6. The average Bonchev–Trinajstić information content (AvgIpc) is 2.34. The first-order chi connectivity index (χ1) is 8.13. The van der Waals surface area contributed by atoms with Crippen LogP contribution >= 0.6 is 11.8 Å². The molecular formula is C12H21NO3S. The van der Waals surface area contributed by atoms with Crippen molar-refractivity contribution in [3.63, 3.8) is 0 Å². The molecule has 1 fully saturated rings. The van der Waals surface area contributed by atoms with Crippen molar-refractivity contribution >= 4 is 23.6 Å². The monoisotopic (exact) mass is 259 g/mol. The molecule has 1 aliphatic heterocycles. The van der Waals surface area contributed by atoms with Crippen molar-refractivity contribution < 1.29 is 14.7 Å². The minimum atomic E-state index is -0.780. The van der Waals surface area contributed by atoms with E-state index in [2.05, 4.69) is 6.92 Å². The number of hydrogen-bond acceptors (Lipinski definition) is 3. The predicted octanol–water partition coefficient (Wildman–Crippen LogP) is 1.99. The van der Waals surface area contributed by atoms with Gasteiger partial charge in [0.1, 0.15) is 0 Å². The lowest BCUT2D eigenvalue weighted by atomic mass is 10.1. The summed E-state index contributed by atoms with van der Waals surface area (Å²) in [6.07, 6.45) is 3.05. The van der Waals surface area contributed by atoms with Crippen LogP contribution in [0.25, 0.3) is 0 Å². The molecule has 0 bridgehead atoms. The van der Waals surface area contributed by atoms with Crippen molar-refractivity contribution in [3.05, 3.63) is 0 Å². The summed E-state index contributed by atoms with van der Waals surface area (Å²) in [5.41, 5.74) is 0. The van der Waals surface area contributed by atoms with Gasteiger partial charge in [-0.2, -0.15) is 11.8 Å². The quantitative estimate of drug-likeness (QED) is 0.741. The molecule has 0 radical (unpaired) electrons. The van der Waals surface area contributed by atoms with Crippen LogP contribution in [0.3, 0.4) is 0 Å². The van der Waals surface area contributed by atoms with Crippen LogP contribution in [0.2, 0.25) is 0 Å². The SMILES string of the molecule is CCC1CN(C(=O)CCCCC(=O)O)CCS1. The maximum Gasteiger partial charge on any atom is 0.303 e. The highest BCUT2D eigenvalue weighted by atomic mass is 32.2. The molecule has 0 aliphatic carbocycles. The lowest BCUT2D eigenvalue weighted by Crippen LogP contribution is -2.41. The summed E-state index contributed by atoms with van der Waals surface area (Å²) in [6.45, 7) is 3.86. The van der Waals surface area contributed by atoms with E-state index in [9.17, 15) is 9.59 Å². The minimum Gasteiger partial charge on any atom is -0.481 e. The number of amides is 1. The summed E-state index contributed by atoms with van der Waals surface area (Å²) in [6, 6.07) is 0. The number of hydrogen-bond donors (Lipinski definition) is 1. The highest BCUT2D eigenvalue weighted by molar-refractivity contribution is 8.00. The Kier molecular flexibility index (Phi) is 6.40. The normalized spacial score (nSPS) is 20.3. The Labute approximate surface area is 107 Å². The maximum atomic E-state index is 11.9. The number of aliphatic carboxylic acids is 1. The van der Waals surface area contributed by atoms with Crippen molar-refractivity contribution in [1.82, 2.24) is 4.90 Å². The molecule has 1 aliphatic rings. The van der Waals surface area contributed by atoms with E-state index in [-0.39, 0.29) is 12.3 Å². The summed E-state index contributed by atoms with van der Waals surface area (Å²) in [5, 5.41) is 9.07. The molecule has 1 heterocycles. The molecule has 1 N–H and O–H groups in total. The van der Waals surface area contributed by atoms with Gasteiger partial charge in [-0.1, -0.05) is 6.92 Å². The highest BCUT2D eigenvalue weighted by Crippen LogP contribution is 2.21. The van der Waals surface area contributed by atoms with Gasteiger partial charge in [-0.3, -0.25) is 9.59 Å². The second-order valence-corrected chi connectivity index (χ2v) is 5.75. The van der Waals surface area contributed by atoms with Crippen molar-refractivity contribution in [2.75, 3.05) is 18.8 Å². The molecular weight excluding hydrogens is 238 g/mol. The first-order valence-electron chi connectivity index (χ1n) is 6.24. The van der Waals surface area contributed by atoms with Gasteiger partial charge in [-0.25, -0.2) is 0 Å². The number of nitrogens with zero attached hydrogens (tertiary/aromatic N) is 1. The summed E-state index contributed by atoms with van der Waals surface area (Å²) in [5.74, 6) is 0.436. The van der Waals surface area contributed by atoms with Gasteiger partial charge >= 0.3 is 5.97 Å². The van der Waals surface area contributed by atoms with Crippen LogP contribution in [-0.2, 0) is 9.59 Å². The van der Waals surface area contributed by atoms with Gasteiger partial charge in [0.05, 0.1) is 0 Å². The lowest BCUT2D eigenvalue weighted by Gasteiger charge is -2.32. The van der Waals surface area contributed by atoms with E-state index < -0.39 is 5.97 Å². The Bertz CT molecular complexity index is 270. The highest BCUT2D eigenvalue weighted by Gasteiger charge is 2.22. The topological polar surface area (TPSA) is 57.6 Å². The van der Waals surface area contributed by atoms with E-state index in [1.54, 1.807) is 0 Å². The third-order valence-electron chi connectivity index (χ3n) is 2.98. The van der Waals surface area contributed by atoms with Gasteiger partial charge in [-0.05, 0) is 19.3 Å². The zero-order chi connectivity index (χ0) is 12.7. The van der Waals surface area contributed by atoms with Crippen molar-refractivity contribution in [3.8, 4) is 0 Å². The van der Waals surface area contributed by atoms with Gasteiger partial charge in [0.25, 0.3) is 0 Å². The number of carbonyl (C=O) groups excluding carboxylic acids is 1. The molecule has 98 valence electrons. The van der Waals surface area contributed by atoms with E-state index >= 15 is 0 Å². The molecule has 0 spiro atoms. The first kappa shape index (κ1) is 14.4.